The third-order valence-corrected chi connectivity index (χ3v) is 4.58. The summed E-state index contributed by atoms with van der Waals surface area (Å²) in [5.41, 5.74) is 3.70. The van der Waals surface area contributed by atoms with Gasteiger partial charge in [0.2, 0.25) is 0 Å². The van der Waals surface area contributed by atoms with E-state index in [-0.39, 0.29) is 12.3 Å². The van der Waals surface area contributed by atoms with Crippen LogP contribution in [0.5, 0.6) is 0 Å². The molecule has 1 saturated carbocycles. The topological polar surface area (TPSA) is 79.3 Å². The number of nitrogens with zero attached hydrogens (tertiary/aromatic N) is 1. The van der Waals surface area contributed by atoms with Crippen LogP contribution in [-0.2, 0) is 4.79 Å². The molecule has 132 valence electrons. The highest BCUT2D eigenvalue weighted by molar-refractivity contribution is 6.06. The number of aromatic nitrogens is 1. The second-order valence-electron chi connectivity index (χ2n) is 6.85. The van der Waals surface area contributed by atoms with Crippen LogP contribution in [0, 0.1) is 6.92 Å². The number of hydrogen-bond acceptors (Lipinski definition) is 3. The molecule has 25 heavy (non-hydrogen) atoms. The quantitative estimate of drug-likeness (QED) is 0.717. The third kappa shape index (κ3) is 4.56. The van der Waals surface area contributed by atoms with Crippen LogP contribution in [0.3, 0.4) is 0 Å². The van der Waals surface area contributed by atoms with Crippen molar-refractivity contribution in [3.63, 3.8) is 0 Å². The minimum Gasteiger partial charge on any atom is -0.481 e. The fraction of sp³-hybridized carbons (Fsp3) is 0.450. The number of unbranched alkanes of at least 4 members (excludes halogenated alkanes) is 2. The molecule has 1 amide bonds. The summed E-state index contributed by atoms with van der Waals surface area (Å²) in [6.07, 6.45) is 4.72. The van der Waals surface area contributed by atoms with Crippen molar-refractivity contribution >= 4 is 22.8 Å². The van der Waals surface area contributed by atoms with E-state index in [0.717, 1.165) is 47.8 Å². The molecule has 1 aliphatic carbocycles. The monoisotopic (exact) mass is 340 g/mol. The molecule has 5 nitrogen and oxygen atoms in total. The molecule has 0 bridgehead atoms. The number of fused-ring (bicyclic) bond motifs is 1. The first-order chi connectivity index (χ1) is 12.0. The van der Waals surface area contributed by atoms with Crippen LogP contribution < -0.4 is 5.32 Å². The van der Waals surface area contributed by atoms with Crippen LogP contribution in [0.4, 0.5) is 0 Å². The van der Waals surface area contributed by atoms with Crippen molar-refractivity contribution in [1.29, 1.82) is 0 Å². The maximum absolute atomic E-state index is 12.7. The summed E-state index contributed by atoms with van der Waals surface area (Å²) in [6, 6.07) is 7.97. The van der Waals surface area contributed by atoms with Gasteiger partial charge in [0.15, 0.2) is 0 Å². The summed E-state index contributed by atoms with van der Waals surface area (Å²) in [5.74, 6) is -0.346. The number of carboxylic acids is 1. The summed E-state index contributed by atoms with van der Waals surface area (Å²) >= 11 is 0. The zero-order chi connectivity index (χ0) is 17.8. The Morgan fingerprint density at radius 3 is 2.72 bits per heavy atom. The van der Waals surface area contributed by atoms with E-state index in [1.54, 1.807) is 0 Å². The van der Waals surface area contributed by atoms with Gasteiger partial charge in [-0.2, -0.15) is 0 Å². The largest absolute Gasteiger partial charge is 0.481 e. The Bertz CT molecular complexity index is 797. The molecule has 1 aliphatic rings. The molecule has 0 unspecified atom stereocenters. The van der Waals surface area contributed by atoms with Gasteiger partial charge < -0.3 is 10.4 Å². The van der Waals surface area contributed by atoms with Crippen molar-refractivity contribution < 1.29 is 14.7 Å². The van der Waals surface area contributed by atoms with Gasteiger partial charge >= 0.3 is 5.97 Å². The summed E-state index contributed by atoms with van der Waals surface area (Å²) in [4.78, 5) is 27.9. The number of pyridine rings is 1. The van der Waals surface area contributed by atoms with Crippen LogP contribution in [0.25, 0.3) is 10.9 Å². The van der Waals surface area contributed by atoms with Crippen molar-refractivity contribution in [2.75, 3.05) is 6.54 Å². The average molecular weight is 340 g/mol. The molecule has 1 aromatic carbocycles. The number of hydrogen-bond donors (Lipinski definition) is 2. The zero-order valence-electron chi connectivity index (χ0n) is 14.5. The lowest BCUT2D eigenvalue weighted by Crippen LogP contribution is -2.25. The maximum atomic E-state index is 12.7. The van der Waals surface area contributed by atoms with Crippen LogP contribution in [0.15, 0.2) is 24.3 Å². The van der Waals surface area contributed by atoms with Gasteiger partial charge in [-0.3, -0.25) is 14.6 Å². The number of carboxylic acid groups (broad SMARTS) is 1. The number of aryl methyl sites for hydroxylation is 1. The molecule has 2 N–H and O–H groups in total. The lowest BCUT2D eigenvalue weighted by atomic mass is 10.0. The van der Waals surface area contributed by atoms with Crippen molar-refractivity contribution in [3.8, 4) is 0 Å². The first-order valence-electron chi connectivity index (χ1n) is 8.96. The van der Waals surface area contributed by atoms with Gasteiger partial charge in [0.05, 0.1) is 11.1 Å². The number of nitrogens with one attached hydrogen (secondary N) is 1. The highest BCUT2D eigenvalue weighted by Gasteiger charge is 2.26. The van der Waals surface area contributed by atoms with Gasteiger partial charge in [0.25, 0.3) is 5.91 Å². The van der Waals surface area contributed by atoms with E-state index in [1.165, 1.54) is 0 Å². The summed E-state index contributed by atoms with van der Waals surface area (Å²) < 4.78 is 0. The second kappa shape index (κ2) is 7.64. The van der Waals surface area contributed by atoms with E-state index >= 15 is 0 Å². The molecule has 0 spiro atoms. The Balaban J connectivity index is 1.69. The lowest BCUT2D eigenvalue weighted by Gasteiger charge is -2.11. The van der Waals surface area contributed by atoms with Crippen LogP contribution in [0.2, 0.25) is 0 Å². The predicted octanol–water partition coefficient (Wildman–Crippen LogP) is 3.80. The van der Waals surface area contributed by atoms with Crippen LogP contribution >= 0.6 is 0 Å². The Morgan fingerprint density at radius 1 is 1.20 bits per heavy atom. The lowest BCUT2D eigenvalue weighted by molar-refractivity contribution is -0.137. The molecule has 1 aromatic heterocycles. The molecule has 3 rings (SSSR count). The smallest absolute Gasteiger partial charge is 0.303 e. The first kappa shape index (κ1) is 17.4. The normalized spacial score (nSPS) is 13.8. The summed E-state index contributed by atoms with van der Waals surface area (Å²) in [7, 11) is 0. The second-order valence-corrected chi connectivity index (χ2v) is 6.85. The minimum absolute atomic E-state index is 0.0712. The highest BCUT2D eigenvalue weighted by atomic mass is 16.4. The number of carbonyl (C=O) groups excluding carboxylic acids is 1. The molecule has 2 aromatic rings. The van der Waals surface area contributed by atoms with Crippen LogP contribution in [-0.4, -0.2) is 28.5 Å². The van der Waals surface area contributed by atoms with E-state index in [9.17, 15) is 9.59 Å². The van der Waals surface area contributed by atoms with E-state index < -0.39 is 5.97 Å². The van der Waals surface area contributed by atoms with Gasteiger partial charge in [0, 0.05) is 30.0 Å². The Hall–Kier alpha value is -2.43. The predicted molar refractivity (Wildman–Crippen MR) is 96.9 cm³/mol. The van der Waals surface area contributed by atoms with E-state index in [1.807, 2.05) is 31.2 Å². The number of benzene rings is 1. The summed E-state index contributed by atoms with van der Waals surface area (Å²) in [5, 5.41) is 12.5. The molecule has 0 saturated heterocycles. The molecule has 0 radical (unpaired) electrons. The standard InChI is InChI=1S/C20H24N2O3/c1-13-6-9-17-15(11-13)16(12-18(22-17)14-7-8-14)20(25)21-10-4-2-3-5-19(23)24/h6,9,11-12,14H,2-5,7-8,10H2,1H3,(H,21,25)(H,23,24). The molecule has 5 heteroatoms. The molecular weight excluding hydrogens is 316 g/mol. The van der Waals surface area contributed by atoms with E-state index in [4.69, 9.17) is 10.1 Å². The van der Waals surface area contributed by atoms with Gasteiger partial charge in [-0.05, 0) is 50.8 Å². The van der Waals surface area contributed by atoms with Crippen molar-refractivity contribution in [3.05, 3.63) is 41.1 Å². The SMILES string of the molecule is Cc1ccc2nc(C3CC3)cc(C(=O)NCCCCCC(=O)O)c2c1. The van der Waals surface area contributed by atoms with Crippen LogP contribution in [0.1, 0.15) is 66.1 Å². The minimum atomic E-state index is -0.768. The number of amides is 1. The van der Waals surface area contributed by atoms with Crippen molar-refractivity contribution in [2.24, 2.45) is 0 Å². The number of aliphatic carboxylic acids is 1. The van der Waals surface area contributed by atoms with Gasteiger partial charge in [-0.25, -0.2) is 0 Å². The van der Waals surface area contributed by atoms with Gasteiger partial charge in [-0.1, -0.05) is 18.1 Å². The Kier molecular flexibility index (Phi) is 5.31. The van der Waals surface area contributed by atoms with E-state index in [2.05, 4.69) is 5.32 Å². The Labute approximate surface area is 147 Å². The average Bonchev–Trinajstić information content (AvgIpc) is 3.41. The van der Waals surface area contributed by atoms with Crippen molar-refractivity contribution in [1.82, 2.24) is 10.3 Å². The summed E-state index contributed by atoms with van der Waals surface area (Å²) in [6.45, 7) is 2.57. The zero-order valence-corrected chi connectivity index (χ0v) is 14.5. The fourth-order valence-corrected chi connectivity index (χ4v) is 3.01. The molecule has 1 heterocycles. The Morgan fingerprint density at radius 2 is 2.00 bits per heavy atom. The molecule has 0 atom stereocenters. The van der Waals surface area contributed by atoms with Gasteiger partial charge in [0.1, 0.15) is 0 Å². The number of rotatable bonds is 8. The van der Waals surface area contributed by atoms with Crippen molar-refractivity contribution in [2.45, 2.75) is 51.4 Å². The van der Waals surface area contributed by atoms with E-state index in [0.29, 0.717) is 24.4 Å². The highest BCUT2D eigenvalue weighted by Crippen LogP contribution is 2.40. The molecule has 0 aliphatic heterocycles. The first-order valence-corrected chi connectivity index (χ1v) is 8.96. The molecule has 1 fully saturated rings. The van der Waals surface area contributed by atoms with Gasteiger partial charge in [-0.15, -0.1) is 0 Å². The molecular formula is C20H24N2O3. The number of carbonyl (C=O) groups is 2. The maximum Gasteiger partial charge on any atom is 0.303 e. The fourth-order valence-electron chi connectivity index (χ4n) is 3.01. The third-order valence-electron chi connectivity index (χ3n) is 4.58.